The first-order valence-electron chi connectivity index (χ1n) is 7.44. The Morgan fingerprint density at radius 2 is 1.90 bits per heavy atom. The molecular formula is C14H23N5O. The maximum atomic E-state index is 12.2. The number of carbonyl (C=O) groups excluding carboxylic acids is 1. The van der Waals surface area contributed by atoms with Crippen LogP contribution in [0.5, 0.6) is 0 Å². The number of hydrogen-bond acceptors (Lipinski definition) is 4. The average Bonchev–Trinajstić information content (AvgIpc) is 3.02. The molecule has 0 radical (unpaired) electrons. The number of carbonyl (C=O) groups is 1. The molecular weight excluding hydrogens is 254 g/mol. The molecule has 6 nitrogen and oxygen atoms in total. The second kappa shape index (κ2) is 5.93. The lowest BCUT2D eigenvalue weighted by Crippen LogP contribution is -2.54. The average molecular weight is 277 g/mol. The minimum absolute atomic E-state index is 0.0746. The summed E-state index contributed by atoms with van der Waals surface area (Å²) in [5.74, 6) is 0.0746. The van der Waals surface area contributed by atoms with Crippen LogP contribution in [0.25, 0.3) is 0 Å². The first-order valence-corrected chi connectivity index (χ1v) is 7.44. The van der Waals surface area contributed by atoms with E-state index < -0.39 is 0 Å². The number of rotatable bonds is 2. The van der Waals surface area contributed by atoms with Gasteiger partial charge < -0.3 is 14.8 Å². The number of aromatic nitrogens is 2. The van der Waals surface area contributed by atoms with E-state index in [0.717, 1.165) is 26.2 Å². The zero-order chi connectivity index (χ0) is 13.9. The van der Waals surface area contributed by atoms with Gasteiger partial charge >= 0.3 is 0 Å². The number of H-pyrrole nitrogens is 1. The molecule has 0 spiro atoms. The van der Waals surface area contributed by atoms with Crippen molar-refractivity contribution in [2.45, 2.75) is 18.9 Å². The molecule has 1 N–H and O–H groups in total. The van der Waals surface area contributed by atoms with E-state index in [0.29, 0.717) is 11.7 Å². The number of nitrogens with zero attached hydrogens (tertiary/aromatic N) is 4. The Kier molecular flexibility index (Phi) is 4.03. The molecule has 2 aliphatic rings. The zero-order valence-electron chi connectivity index (χ0n) is 12.1. The van der Waals surface area contributed by atoms with Crippen LogP contribution in [0, 0.1) is 0 Å². The Morgan fingerprint density at radius 3 is 2.50 bits per heavy atom. The van der Waals surface area contributed by atoms with Crippen LogP contribution in [0.15, 0.2) is 12.5 Å². The van der Waals surface area contributed by atoms with E-state index in [2.05, 4.69) is 26.8 Å². The van der Waals surface area contributed by atoms with Crippen LogP contribution in [-0.4, -0.2) is 82.9 Å². The number of imidazole rings is 1. The molecule has 0 atom stereocenters. The van der Waals surface area contributed by atoms with Gasteiger partial charge in [-0.25, -0.2) is 4.98 Å². The summed E-state index contributed by atoms with van der Waals surface area (Å²) >= 11 is 0. The highest BCUT2D eigenvalue weighted by molar-refractivity contribution is 5.92. The third-order valence-corrected chi connectivity index (χ3v) is 4.53. The Labute approximate surface area is 119 Å². The van der Waals surface area contributed by atoms with E-state index in [1.165, 1.54) is 25.9 Å². The molecule has 1 aromatic rings. The van der Waals surface area contributed by atoms with E-state index in [1.54, 1.807) is 12.5 Å². The van der Waals surface area contributed by atoms with Crippen LogP contribution < -0.4 is 0 Å². The van der Waals surface area contributed by atoms with Crippen molar-refractivity contribution in [1.82, 2.24) is 24.7 Å². The van der Waals surface area contributed by atoms with Crippen molar-refractivity contribution in [1.29, 1.82) is 0 Å². The summed E-state index contributed by atoms with van der Waals surface area (Å²) in [5, 5.41) is 0. The van der Waals surface area contributed by atoms with Gasteiger partial charge in [0.25, 0.3) is 5.91 Å². The summed E-state index contributed by atoms with van der Waals surface area (Å²) in [7, 11) is 2.19. The maximum Gasteiger partial charge on any atom is 0.272 e. The second-order valence-electron chi connectivity index (χ2n) is 5.83. The Hall–Kier alpha value is -1.40. The normalized spacial score (nSPS) is 23.1. The minimum atomic E-state index is 0.0746. The lowest BCUT2D eigenvalue weighted by molar-refractivity contribution is 0.0471. The molecule has 0 bridgehead atoms. The van der Waals surface area contributed by atoms with E-state index >= 15 is 0 Å². The molecule has 2 aliphatic heterocycles. The molecule has 0 aromatic carbocycles. The van der Waals surface area contributed by atoms with Gasteiger partial charge in [0.05, 0.1) is 12.5 Å². The molecule has 20 heavy (non-hydrogen) atoms. The fourth-order valence-corrected chi connectivity index (χ4v) is 3.19. The van der Waals surface area contributed by atoms with E-state index in [4.69, 9.17) is 0 Å². The topological polar surface area (TPSA) is 55.5 Å². The Bertz CT molecular complexity index is 430. The summed E-state index contributed by atoms with van der Waals surface area (Å²) < 4.78 is 0. The van der Waals surface area contributed by atoms with Gasteiger partial charge in [-0.3, -0.25) is 9.69 Å². The fraction of sp³-hybridized carbons (Fsp3) is 0.714. The van der Waals surface area contributed by atoms with Crippen molar-refractivity contribution in [3.8, 4) is 0 Å². The summed E-state index contributed by atoms with van der Waals surface area (Å²) in [6.45, 7) is 6.02. The van der Waals surface area contributed by atoms with Crippen LogP contribution in [0.4, 0.5) is 0 Å². The van der Waals surface area contributed by atoms with Gasteiger partial charge in [0.2, 0.25) is 0 Å². The van der Waals surface area contributed by atoms with E-state index in [9.17, 15) is 4.79 Å². The van der Waals surface area contributed by atoms with Crippen molar-refractivity contribution in [2.24, 2.45) is 0 Å². The van der Waals surface area contributed by atoms with Gasteiger partial charge in [-0.2, -0.15) is 0 Å². The van der Waals surface area contributed by atoms with E-state index in [-0.39, 0.29) is 5.91 Å². The molecule has 1 aromatic heterocycles. The lowest BCUT2D eigenvalue weighted by Gasteiger charge is -2.42. The molecule has 3 rings (SSSR count). The van der Waals surface area contributed by atoms with Gasteiger partial charge in [-0.05, 0) is 33.0 Å². The number of likely N-dealkylation sites (tertiary alicyclic amines) is 1. The number of amides is 1. The smallest absolute Gasteiger partial charge is 0.272 e. The van der Waals surface area contributed by atoms with Gasteiger partial charge in [0, 0.05) is 32.2 Å². The third-order valence-electron chi connectivity index (χ3n) is 4.53. The van der Waals surface area contributed by atoms with Crippen LogP contribution in [0.3, 0.4) is 0 Å². The maximum absolute atomic E-state index is 12.2. The quantitative estimate of drug-likeness (QED) is 0.842. The van der Waals surface area contributed by atoms with Crippen LogP contribution >= 0.6 is 0 Å². The summed E-state index contributed by atoms with van der Waals surface area (Å²) in [6.07, 6.45) is 5.67. The van der Waals surface area contributed by atoms with Crippen molar-refractivity contribution >= 4 is 5.91 Å². The predicted octanol–water partition coefficient (Wildman–Crippen LogP) is 0.262. The van der Waals surface area contributed by atoms with Crippen molar-refractivity contribution in [3.63, 3.8) is 0 Å². The van der Waals surface area contributed by atoms with E-state index in [1.807, 2.05) is 4.90 Å². The second-order valence-corrected chi connectivity index (χ2v) is 5.83. The lowest BCUT2D eigenvalue weighted by atomic mass is 10.0. The van der Waals surface area contributed by atoms with Gasteiger partial charge in [-0.15, -0.1) is 0 Å². The molecule has 0 unspecified atom stereocenters. The van der Waals surface area contributed by atoms with Gasteiger partial charge in [0.1, 0.15) is 5.69 Å². The number of aromatic amines is 1. The number of piperidine rings is 1. The standard InChI is InChI=1S/C14H23N5O/c1-17-4-2-12(3-5-17)18-6-8-19(9-7-18)14(20)13-10-15-11-16-13/h10-12H,2-9H2,1H3,(H,15,16). The Morgan fingerprint density at radius 1 is 1.20 bits per heavy atom. The molecule has 6 heteroatoms. The van der Waals surface area contributed by atoms with Crippen LogP contribution in [-0.2, 0) is 0 Å². The highest BCUT2D eigenvalue weighted by Crippen LogP contribution is 2.18. The summed E-state index contributed by atoms with van der Waals surface area (Å²) in [6, 6.07) is 0.704. The van der Waals surface area contributed by atoms with Crippen molar-refractivity contribution < 1.29 is 4.79 Å². The number of hydrogen-bond donors (Lipinski definition) is 1. The van der Waals surface area contributed by atoms with Crippen LogP contribution in [0.1, 0.15) is 23.3 Å². The molecule has 2 saturated heterocycles. The van der Waals surface area contributed by atoms with Crippen molar-refractivity contribution in [2.75, 3.05) is 46.3 Å². The molecule has 0 aliphatic carbocycles. The van der Waals surface area contributed by atoms with Gasteiger partial charge in [0.15, 0.2) is 0 Å². The first-order chi connectivity index (χ1) is 9.74. The first kappa shape index (κ1) is 13.6. The zero-order valence-corrected chi connectivity index (χ0v) is 12.1. The molecule has 1 amide bonds. The Balaban J connectivity index is 1.51. The number of piperazine rings is 1. The molecule has 110 valence electrons. The molecule has 2 fully saturated rings. The molecule has 3 heterocycles. The van der Waals surface area contributed by atoms with Gasteiger partial charge in [-0.1, -0.05) is 0 Å². The number of nitrogens with one attached hydrogen (secondary N) is 1. The third kappa shape index (κ3) is 2.86. The highest BCUT2D eigenvalue weighted by atomic mass is 16.2. The fourth-order valence-electron chi connectivity index (χ4n) is 3.19. The molecule has 0 saturated carbocycles. The SMILES string of the molecule is CN1CCC(N2CCN(C(=O)c3cnc[nH]3)CC2)CC1. The van der Waals surface area contributed by atoms with Crippen molar-refractivity contribution in [3.05, 3.63) is 18.2 Å². The summed E-state index contributed by atoms with van der Waals surface area (Å²) in [4.78, 5) is 25.9. The highest BCUT2D eigenvalue weighted by Gasteiger charge is 2.28. The van der Waals surface area contributed by atoms with Crippen LogP contribution in [0.2, 0.25) is 0 Å². The minimum Gasteiger partial charge on any atom is -0.341 e. The predicted molar refractivity (Wildman–Crippen MR) is 76.6 cm³/mol. The monoisotopic (exact) mass is 277 g/mol. The summed E-state index contributed by atoms with van der Waals surface area (Å²) in [5.41, 5.74) is 0.595. The largest absolute Gasteiger partial charge is 0.341 e.